The molecule has 0 spiro atoms. The Kier molecular flexibility index (Phi) is 4.68. The minimum Gasteiger partial charge on any atom is -0.496 e. The van der Waals surface area contributed by atoms with E-state index in [1.165, 1.54) is 0 Å². The molecule has 0 aliphatic carbocycles. The van der Waals surface area contributed by atoms with E-state index in [0.717, 1.165) is 21.9 Å². The highest BCUT2D eigenvalue weighted by Crippen LogP contribution is 2.22. The second kappa shape index (κ2) is 7.07. The predicted octanol–water partition coefficient (Wildman–Crippen LogP) is 3.75. The fourth-order valence-corrected chi connectivity index (χ4v) is 2.92. The molecule has 0 atom stereocenters. The first-order valence-electron chi connectivity index (χ1n) is 7.18. The number of carbonyl (C=O) groups excluding carboxylic acids is 1. The van der Waals surface area contributed by atoms with Crippen LogP contribution in [0.3, 0.4) is 0 Å². The molecule has 0 bridgehead atoms. The van der Waals surface area contributed by atoms with E-state index >= 15 is 0 Å². The monoisotopic (exact) mass is 324 g/mol. The zero-order chi connectivity index (χ0) is 16.1. The number of hydrogen-bond donors (Lipinski definition) is 1. The van der Waals surface area contributed by atoms with Crippen LogP contribution in [-0.2, 0) is 6.54 Å². The van der Waals surface area contributed by atoms with E-state index in [4.69, 9.17) is 4.74 Å². The van der Waals surface area contributed by atoms with Crippen LogP contribution >= 0.6 is 11.3 Å². The van der Waals surface area contributed by atoms with Crippen molar-refractivity contribution < 1.29 is 9.53 Å². The van der Waals surface area contributed by atoms with Gasteiger partial charge in [0, 0.05) is 34.8 Å². The number of ether oxygens (including phenoxy) is 1. The van der Waals surface area contributed by atoms with Crippen molar-refractivity contribution in [3.8, 4) is 16.3 Å². The first-order valence-corrected chi connectivity index (χ1v) is 8.06. The molecule has 0 aliphatic heterocycles. The van der Waals surface area contributed by atoms with Crippen LogP contribution < -0.4 is 10.1 Å². The normalized spacial score (nSPS) is 10.3. The maximum Gasteiger partial charge on any atom is 0.251 e. The maximum atomic E-state index is 12.4. The number of aromatic nitrogens is 1. The van der Waals surface area contributed by atoms with Crippen molar-refractivity contribution in [2.75, 3.05) is 7.11 Å². The zero-order valence-electron chi connectivity index (χ0n) is 12.7. The highest BCUT2D eigenvalue weighted by molar-refractivity contribution is 7.13. The molecule has 0 fully saturated rings. The van der Waals surface area contributed by atoms with Gasteiger partial charge in [0.15, 0.2) is 0 Å². The van der Waals surface area contributed by atoms with Crippen LogP contribution in [0.1, 0.15) is 15.9 Å². The van der Waals surface area contributed by atoms with Gasteiger partial charge in [-0.05, 0) is 18.2 Å². The molecule has 23 heavy (non-hydrogen) atoms. The minimum absolute atomic E-state index is 0.116. The number of methoxy groups -OCH3 is 1. The zero-order valence-corrected chi connectivity index (χ0v) is 13.5. The fourth-order valence-electron chi connectivity index (χ4n) is 2.29. The first kappa shape index (κ1) is 15.2. The van der Waals surface area contributed by atoms with E-state index in [-0.39, 0.29) is 5.91 Å². The second-order valence-electron chi connectivity index (χ2n) is 4.91. The quantitative estimate of drug-likeness (QED) is 0.777. The van der Waals surface area contributed by atoms with Crippen molar-refractivity contribution in [3.05, 3.63) is 71.2 Å². The van der Waals surface area contributed by atoms with Crippen molar-refractivity contribution in [2.24, 2.45) is 0 Å². The predicted molar refractivity (Wildman–Crippen MR) is 91.7 cm³/mol. The lowest BCUT2D eigenvalue weighted by Crippen LogP contribution is -2.23. The van der Waals surface area contributed by atoms with Gasteiger partial charge in [-0.3, -0.25) is 4.79 Å². The average molecular weight is 324 g/mol. The molecule has 0 saturated heterocycles. The summed E-state index contributed by atoms with van der Waals surface area (Å²) in [5, 5.41) is 5.75. The molecule has 4 nitrogen and oxygen atoms in total. The second-order valence-corrected chi connectivity index (χ2v) is 5.81. The number of hydrogen-bond acceptors (Lipinski definition) is 4. The van der Waals surface area contributed by atoms with Crippen molar-refractivity contribution in [3.63, 3.8) is 0 Å². The Hall–Kier alpha value is -2.66. The van der Waals surface area contributed by atoms with Crippen LogP contribution in [0.2, 0.25) is 0 Å². The van der Waals surface area contributed by atoms with E-state index in [1.54, 1.807) is 30.7 Å². The molecule has 116 valence electrons. The number of para-hydroxylation sites is 1. The Morgan fingerprint density at radius 1 is 1.22 bits per heavy atom. The number of nitrogens with zero attached hydrogens (tertiary/aromatic N) is 1. The van der Waals surface area contributed by atoms with E-state index in [0.29, 0.717) is 12.1 Å². The summed E-state index contributed by atoms with van der Waals surface area (Å²) in [5.41, 5.74) is 2.51. The third kappa shape index (κ3) is 3.57. The highest BCUT2D eigenvalue weighted by atomic mass is 32.1. The Morgan fingerprint density at radius 2 is 2.09 bits per heavy atom. The summed E-state index contributed by atoms with van der Waals surface area (Å²) < 4.78 is 5.29. The molecule has 0 unspecified atom stereocenters. The van der Waals surface area contributed by atoms with Gasteiger partial charge >= 0.3 is 0 Å². The van der Waals surface area contributed by atoms with Gasteiger partial charge in [0.25, 0.3) is 5.91 Å². The Morgan fingerprint density at radius 3 is 2.87 bits per heavy atom. The van der Waals surface area contributed by atoms with Gasteiger partial charge in [-0.2, -0.15) is 0 Å². The van der Waals surface area contributed by atoms with Crippen molar-refractivity contribution in [2.45, 2.75) is 6.54 Å². The molecular formula is C18H16N2O2S. The van der Waals surface area contributed by atoms with Crippen molar-refractivity contribution in [1.82, 2.24) is 10.3 Å². The van der Waals surface area contributed by atoms with E-state index in [2.05, 4.69) is 10.3 Å². The molecule has 1 heterocycles. The highest BCUT2D eigenvalue weighted by Gasteiger charge is 2.09. The molecule has 1 N–H and O–H groups in total. The molecule has 1 aromatic heterocycles. The van der Waals surface area contributed by atoms with E-state index in [1.807, 2.05) is 47.8 Å². The molecule has 5 heteroatoms. The average Bonchev–Trinajstić information content (AvgIpc) is 3.14. The number of thiazole rings is 1. The third-order valence-corrected chi connectivity index (χ3v) is 4.26. The summed E-state index contributed by atoms with van der Waals surface area (Å²) >= 11 is 1.55. The van der Waals surface area contributed by atoms with Gasteiger partial charge in [0.1, 0.15) is 10.8 Å². The van der Waals surface area contributed by atoms with Gasteiger partial charge < -0.3 is 10.1 Å². The lowest BCUT2D eigenvalue weighted by atomic mass is 10.1. The van der Waals surface area contributed by atoms with Gasteiger partial charge in [0.05, 0.1) is 7.11 Å². The topological polar surface area (TPSA) is 51.2 Å². The van der Waals surface area contributed by atoms with Gasteiger partial charge in [-0.15, -0.1) is 11.3 Å². The standard InChI is InChI=1S/C18H16N2O2S/c1-22-16-8-3-2-5-15(16)12-20-17(21)13-6-4-7-14(11-13)18-19-9-10-23-18/h2-11H,12H2,1H3,(H,20,21). The van der Waals surface area contributed by atoms with Gasteiger partial charge in [0.2, 0.25) is 0 Å². The largest absolute Gasteiger partial charge is 0.496 e. The number of rotatable bonds is 5. The lowest BCUT2D eigenvalue weighted by molar-refractivity contribution is 0.0950. The van der Waals surface area contributed by atoms with Gasteiger partial charge in [-0.25, -0.2) is 4.98 Å². The Bertz CT molecular complexity index is 800. The van der Waals surface area contributed by atoms with Crippen LogP contribution in [0.15, 0.2) is 60.1 Å². The molecule has 0 aliphatic rings. The molecule has 0 saturated carbocycles. The molecule has 3 rings (SSSR count). The Labute approximate surface area is 138 Å². The third-order valence-electron chi connectivity index (χ3n) is 3.44. The van der Waals surface area contributed by atoms with Crippen LogP contribution in [0, 0.1) is 0 Å². The molecule has 1 amide bonds. The van der Waals surface area contributed by atoms with Crippen LogP contribution in [-0.4, -0.2) is 18.0 Å². The molecular weight excluding hydrogens is 308 g/mol. The maximum absolute atomic E-state index is 12.4. The van der Waals surface area contributed by atoms with Crippen LogP contribution in [0.5, 0.6) is 5.75 Å². The fraction of sp³-hybridized carbons (Fsp3) is 0.111. The first-order chi connectivity index (χ1) is 11.3. The van der Waals surface area contributed by atoms with Gasteiger partial charge in [-0.1, -0.05) is 30.3 Å². The molecule has 2 aromatic carbocycles. The number of nitrogens with one attached hydrogen (secondary N) is 1. The van der Waals surface area contributed by atoms with Crippen LogP contribution in [0.25, 0.3) is 10.6 Å². The van der Waals surface area contributed by atoms with Crippen LogP contribution in [0.4, 0.5) is 0 Å². The summed E-state index contributed by atoms with van der Waals surface area (Å²) in [6.45, 7) is 0.421. The summed E-state index contributed by atoms with van der Waals surface area (Å²) in [4.78, 5) is 16.6. The smallest absolute Gasteiger partial charge is 0.251 e. The molecule has 3 aromatic rings. The lowest BCUT2D eigenvalue weighted by Gasteiger charge is -2.10. The number of amides is 1. The SMILES string of the molecule is COc1ccccc1CNC(=O)c1cccc(-c2nccs2)c1. The summed E-state index contributed by atoms with van der Waals surface area (Å²) in [6.07, 6.45) is 1.76. The summed E-state index contributed by atoms with van der Waals surface area (Å²) in [7, 11) is 1.62. The minimum atomic E-state index is -0.116. The van der Waals surface area contributed by atoms with E-state index in [9.17, 15) is 4.79 Å². The summed E-state index contributed by atoms with van der Waals surface area (Å²) in [6, 6.07) is 15.1. The van der Waals surface area contributed by atoms with Crippen molar-refractivity contribution >= 4 is 17.2 Å². The number of benzene rings is 2. The summed E-state index contributed by atoms with van der Waals surface area (Å²) in [5.74, 6) is 0.652. The van der Waals surface area contributed by atoms with Crippen molar-refractivity contribution in [1.29, 1.82) is 0 Å². The van der Waals surface area contributed by atoms with E-state index < -0.39 is 0 Å². The molecule has 0 radical (unpaired) electrons. The number of carbonyl (C=O) groups is 1. The Balaban J connectivity index is 1.72.